The van der Waals surface area contributed by atoms with E-state index in [1.165, 1.54) is 18.4 Å². The standard InChI is InChI=1S/C15H23N3/c1-3-18(4-2)13-10-11-17-15(14(13)16)12-8-6-5-7-9-12/h8,10-11H,3-7,9,16H2,1-2H3. The number of allylic oxidation sites excluding steroid dienone is 2. The van der Waals surface area contributed by atoms with Gasteiger partial charge in [-0.2, -0.15) is 0 Å². The molecule has 0 saturated heterocycles. The minimum Gasteiger partial charge on any atom is -0.395 e. The molecule has 2 N–H and O–H groups in total. The van der Waals surface area contributed by atoms with E-state index in [4.69, 9.17) is 5.73 Å². The molecule has 1 heterocycles. The Morgan fingerprint density at radius 1 is 1.28 bits per heavy atom. The summed E-state index contributed by atoms with van der Waals surface area (Å²) < 4.78 is 0. The monoisotopic (exact) mass is 245 g/mol. The Morgan fingerprint density at radius 3 is 2.67 bits per heavy atom. The van der Waals surface area contributed by atoms with Gasteiger partial charge in [0.25, 0.3) is 0 Å². The molecule has 3 heteroatoms. The van der Waals surface area contributed by atoms with Crippen molar-refractivity contribution in [3.8, 4) is 0 Å². The van der Waals surface area contributed by atoms with Crippen LogP contribution in [0.4, 0.5) is 11.4 Å². The highest BCUT2D eigenvalue weighted by molar-refractivity contribution is 5.81. The van der Waals surface area contributed by atoms with Gasteiger partial charge in [-0.25, -0.2) is 0 Å². The molecule has 98 valence electrons. The van der Waals surface area contributed by atoms with Gasteiger partial charge in [-0.15, -0.1) is 0 Å². The number of nitrogens with zero attached hydrogens (tertiary/aromatic N) is 2. The number of aromatic nitrogens is 1. The van der Waals surface area contributed by atoms with Crippen molar-refractivity contribution < 1.29 is 0 Å². The van der Waals surface area contributed by atoms with E-state index < -0.39 is 0 Å². The lowest BCUT2D eigenvalue weighted by Gasteiger charge is -2.24. The zero-order chi connectivity index (χ0) is 13.0. The fourth-order valence-electron chi connectivity index (χ4n) is 2.61. The van der Waals surface area contributed by atoms with E-state index in [9.17, 15) is 0 Å². The maximum absolute atomic E-state index is 6.32. The molecule has 0 bridgehead atoms. The highest BCUT2D eigenvalue weighted by Crippen LogP contribution is 2.33. The predicted octanol–water partition coefficient (Wildman–Crippen LogP) is 3.47. The molecular formula is C15H23N3. The lowest BCUT2D eigenvalue weighted by molar-refractivity contribution is 0.740. The van der Waals surface area contributed by atoms with Crippen molar-refractivity contribution in [2.24, 2.45) is 0 Å². The molecule has 0 atom stereocenters. The number of hydrogen-bond acceptors (Lipinski definition) is 3. The fourth-order valence-corrected chi connectivity index (χ4v) is 2.61. The van der Waals surface area contributed by atoms with E-state index in [1.807, 2.05) is 12.3 Å². The Kier molecular flexibility index (Phi) is 4.24. The second-order valence-corrected chi connectivity index (χ2v) is 4.74. The third-order valence-corrected chi connectivity index (χ3v) is 3.67. The van der Waals surface area contributed by atoms with Gasteiger partial charge in [0.05, 0.1) is 17.1 Å². The van der Waals surface area contributed by atoms with Gasteiger partial charge in [-0.3, -0.25) is 4.98 Å². The van der Waals surface area contributed by atoms with Crippen LogP contribution in [0.2, 0.25) is 0 Å². The number of pyridine rings is 1. The van der Waals surface area contributed by atoms with Crippen molar-refractivity contribution in [1.29, 1.82) is 0 Å². The van der Waals surface area contributed by atoms with Crippen LogP contribution in [0.3, 0.4) is 0 Å². The van der Waals surface area contributed by atoms with Crippen LogP contribution in [-0.2, 0) is 0 Å². The zero-order valence-corrected chi connectivity index (χ0v) is 11.4. The average Bonchev–Trinajstić information content (AvgIpc) is 2.43. The Hall–Kier alpha value is -1.51. The molecule has 1 aromatic heterocycles. The van der Waals surface area contributed by atoms with Gasteiger partial charge in [0, 0.05) is 19.3 Å². The molecule has 0 aliphatic heterocycles. The molecule has 1 aromatic rings. The number of rotatable bonds is 4. The third-order valence-electron chi connectivity index (χ3n) is 3.67. The van der Waals surface area contributed by atoms with E-state index in [2.05, 4.69) is 29.8 Å². The maximum atomic E-state index is 6.32. The van der Waals surface area contributed by atoms with Crippen molar-refractivity contribution in [3.63, 3.8) is 0 Å². The molecule has 0 spiro atoms. The van der Waals surface area contributed by atoms with Crippen LogP contribution < -0.4 is 10.6 Å². The van der Waals surface area contributed by atoms with Crippen LogP contribution in [0.25, 0.3) is 5.57 Å². The summed E-state index contributed by atoms with van der Waals surface area (Å²) in [5.74, 6) is 0. The normalized spacial score (nSPS) is 15.3. The molecule has 0 saturated carbocycles. The Balaban J connectivity index is 2.37. The van der Waals surface area contributed by atoms with Gasteiger partial charge in [0.2, 0.25) is 0 Å². The molecule has 0 amide bonds. The topological polar surface area (TPSA) is 42.2 Å². The molecule has 0 aromatic carbocycles. The SMILES string of the molecule is CCN(CC)c1ccnc(C2=CCCCC2)c1N. The summed E-state index contributed by atoms with van der Waals surface area (Å²) in [4.78, 5) is 6.78. The molecular weight excluding hydrogens is 222 g/mol. The molecule has 0 fully saturated rings. The van der Waals surface area contributed by atoms with E-state index >= 15 is 0 Å². The van der Waals surface area contributed by atoms with E-state index in [1.54, 1.807) is 0 Å². The largest absolute Gasteiger partial charge is 0.395 e. The van der Waals surface area contributed by atoms with Crippen molar-refractivity contribution in [2.75, 3.05) is 23.7 Å². The van der Waals surface area contributed by atoms with Crippen LogP contribution in [0.15, 0.2) is 18.3 Å². The molecule has 0 radical (unpaired) electrons. The second-order valence-electron chi connectivity index (χ2n) is 4.74. The minimum atomic E-state index is 0.842. The van der Waals surface area contributed by atoms with Crippen LogP contribution in [0.5, 0.6) is 0 Å². The van der Waals surface area contributed by atoms with Gasteiger partial charge in [0.15, 0.2) is 0 Å². The Morgan fingerprint density at radius 2 is 2.06 bits per heavy atom. The number of hydrogen-bond donors (Lipinski definition) is 1. The second kappa shape index (κ2) is 5.89. The van der Waals surface area contributed by atoms with Gasteiger partial charge < -0.3 is 10.6 Å². The summed E-state index contributed by atoms with van der Waals surface area (Å²) in [6.45, 7) is 6.26. The van der Waals surface area contributed by atoms with Gasteiger partial charge in [-0.05, 0) is 51.2 Å². The number of anilines is 2. The summed E-state index contributed by atoms with van der Waals surface area (Å²) in [6, 6.07) is 2.02. The predicted molar refractivity (Wildman–Crippen MR) is 78.7 cm³/mol. The molecule has 3 nitrogen and oxygen atoms in total. The van der Waals surface area contributed by atoms with Gasteiger partial charge >= 0.3 is 0 Å². The van der Waals surface area contributed by atoms with Crippen LogP contribution in [-0.4, -0.2) is 18.1 Å². The minimum absolute atomic E-state index is 0.842. The average molecular weight is 245 g/mol. The highest BCUT2D eigenvalue weighted by atomic mass is 15.1. The molecule has 2 rings (SSSR count). The highest BCUT2D eigenvalue weighted by Gasteiger charge is 2.15. The number of nitrogens with two attached hydrogens (primary N) is 1. The summed E-state index contributed by atoms with van der Waals surface area (Å²) in [7, 11) is 0. The fraction of sp³-hybridized carbons (Fsp3) is 0.533. The van der Waals surface area contributed by atoms with E-state index in [-0.39, 0.29) is 0 Å². The zero-order valence-electron chi connectivity index (χ0n) is 11.4. The first kappa shape index (κ1) is 12.9. The molecule has 0 unspecified atom stereocenters. The van der Waals surface area contributed by atoms with Crippen LogP contribution in [0.1, 0.15) is 45.2 Å². The summed E-state index contributed by atoms with van der Waals surface area (Å²) in [5, 5.41) is 0. The number of nitrogen functional groups attached to an aromatic ring is 1. The quantitative estimate of drug-likeness (QED) is 0.883. The van der Waals surface area contributed by atoms with E-state index in [0.29, 0.717) is 0 Å². The molecule has 1 aliphatic rings. The van der Waals surface area contributed by atoms with Crippen molar-refractivity contribution in [3.05, 3.63) is 24.0 Å². The smallest absolute Gasteiger partial charge is 0.0909 e. The van der Waals surface area contributed by atoms with Crippen molar-refractivity contribution in [2.45, 2.75) is 39.5 Å². The van der Waals surface area contributed by atoms with Crippen LogP contribution in [0, 0.1) is 0 Å². The molecule has 1 aliphatic carbocycles. The van der Waals surface area contributed by atoms with Crippen molar-refractivity contribution >= 4 is 16.9 Å². The summed E-state index contributed by atoms with van der Waals surface area (Å²) in [6.07, 6.45) is 9.00. The van der Waals surface area contributed by atoms with Crippen molar-refractivity contribution in [1.82, 2.24) is 4.98 Å². The molecule has 18 heavy (non-hydrogen) atoms. The lowest BCUT2D eigenvalue weighted by atomic mass is 9.95. The first-order valence-electron chi connectivity index (χ1n) is 6.96. The third kappa shape index (κ3) is 2.50. The maximum Gasteiger partial charge on any atom is 0.0909 e. The Bertz CT molecular complexity index is 433. The Labute approximate surface area is 110 Å². The van der Waals surface area contributed by atoms with Gasteiger partial charge in [-0.1, -0.05) is 6.08 Å². The van der Waals surface area contributed by atoms with E-state index in [0.717, 1.165) is 43.0 Å². The van der Waals surface area contributed by atoms with Gasteiger partial charge in [0.1, 0.15) is 0 Å². The van der Waals surface area contributed by atoms with Crippen LogP contribution >= 0.6 is 0 Å². The lowest BCUT2D eigenvalue weighted by Crippen LogP contribution is -2.23. The summed E-state index contributed by atoms with van der Waals surface area (Å²) >= 11 is 0. The summed E-state index contributed by atoms with van der Waals surface area (Å²) in [5.41, 5.74) is 10.6. The first-order valence-corrected chi connectivity index (χ1v) is 6.96. The first-order chi connectivity index (χ1) is 8.77.